The first-order chi connectivity index (χ1) is 9.75. The Kier molecular flexibility index (Phi) is 4.21. The molecule has 1 saturated heterocycles. The van der Waals surface area contributed by atoms with Gasteiger partial charge in [0.15, 0.2) is 0 Å². The first kappa shape index (κ1) is 13.8. The zero-order valence-electron chi connectivity index (χ0n) is 10.9. The lowest BCUT2D eigenvalue weighted by Crippen LogP contribution is -2.46. The number of hydrogen-bond donors (Lipinski definition) is 1. The summed E-state index contributed by atoms with van der Waals surface area (Å²) >= 11 is 2.91. The van der Waals surface area contributed by atoms with E-state index >= 15 is 0 Å². The molecule has 1 atom stereocenters. The number of rotatable bonds is 3. The standard InChI is InChI=1S/C12H16N4O2S2/c17-10(14-12-15-13-6-20-12)9-5-19-7-16(9)11(18)8-3-1-2-4-8/h6,8-9H,1-5,7H2,(H,14,15,17)/t9-/m0/s1. The molecule has 108 valence electrons. The summed E-state index contributed by atoms with van der Waals surface area (Å²) < 4.78 is 0. The Morgan fingerprint density at radius 1 is 1.35 bits per heavy atom. The molecule has 0 spiro atoms. The van der Waals surface area contributed by atoms with Gasteiger partial charge in [0.2, 0.25) is 16.9 Å². The first-order valence-corrected chi connectivity index (χ1v) is 8.74. The van der Waals surface area contributed by atoms with Crippen LogP contribution >= 0.6 is 23.1 Å². The van der Waals surface area contributed by atoms with Crippen LogP contribution in [0.5, 0.6) is 0 Å². The lowest BCUT2D eigenvalue weighted by atomic mass is 10.1. The molecular formula is C12H16N4O2S2. The van der Waals surface area contributed by atoms with Gasteiger partial charge in [-0.1, -0.05) is 24.2 Å². The van der Waals surface area contributed by atoms with Crippen molar-refractivity contribution >= 4 is 40.0 Å². The Labute approximate surface area is 125 Å². The smallest absolute Gasteiger partial charge is 0.249 e. The number of carbonyl (C=O) groups excluding carboxylic acids is 2. The fourth-order valence-corrected chi connectivity index (χ4v) is 4.31. The van der Waals surface area contributed by atoms with Crippen molar-refractivity contribution in [3.63, 3.8) is 0 Å². The quantitative estimate of drug-likeness (QED) is 0.917. The maximum atomic E-state index is 12.5. The third kappa shape index (κ3) is 2.80. The SMILES string of the molecule is O=C(Nc1nncs1)[C@@H]1CSCN1C(=O)C1CCCC1. The van der Waals surface area contributed by atoms with E-state index < -0.39 is 0 Å². The first-order valence-electron chi connectivity index (χ1n) is 6.71. The van der Waals surface area contributed by atoms with E-state index in [9.17, 15) is 9.59 Å². The highest BCUT2D eigenvalue weighted by molar-refractivity contribution is 7.99. The van der Waals surface area contributed by atoms with Crippen molar-refractivity contribution in [1.29, 1.82) is 0 Å². The van der Waals surface area contributed by atoms with Crippen LogP contribution in [0, 0.1) is 5.92 Å². The van der Waals surface area contributed by atoms with Crippen LogP contribution in [0.3, 0.4) is 0 Å². The third-order valence-electron chi connectivity index (χ3n) is 3.76. The van der Waals surface area contributed by atoms with Crippen LogP contribution in [0.2, 0.25) is 0 Å². The average molecular weight is 312 g/mol. The third-order valence-corrected chi connectivity index (χ3v) is 5.38. The minimum atomic E-state index is -0.378. The second-order valence-electron chi connectivity index (χ2n) is 5.04. The molecule has 1 aromatic rings. The Hall–Kier alpha value is -1.15. The molecule has 20 heavy (non-hydrogen) atoms. The van der Waals surface area contributed by atoms with Gasteiger partial charge < -0.3 is 4.90 Å². The van der Waals surface area contributed by atoms with Gasteiger partial charge in [0, 0.05) is 11.7 Å². The monoisotopic (exact) mass is 312 g/mol. The molecule has 6 nitrogen and oxygen atoms in total. The summed E-state index contributed by atoms with van der Waals surface area (Å²) in [6, 6.07) is -0.378. The molecule has 0 aromatic carbocycles. The summed E-state index contributed by atoms with van der Waals surface area (Å²) in [5.41, 5.74) is 1.57. The van der Waals surface area contributed by atoms with Gasteiger partial charge >= 0.3 is 0 Å². The molecule has 1 aliphatic heterocycles. The number of amides is 2. The van der Waals surface area contributed by atoms with Crippen molar-refractivity contribution in [2.75, 3.05) is 16.9 Å². The van der Waals surface area contributed by atoms with Gasteiger partial charge in [-0.2, -0.15) is 0 Å². The van der Waals surface area contributed by atoms with E-state index in [2.05, 4.69) is 15.5 Å². The molecule has 1 N–H and O–H groups in total. The molecule has 0 bridgehead atoms. The number of anilines is 1. The summed E-state index contributed by atoms with van der Waals surface area (Å²) in [6.07, 6.45) is 4.17. The molecule has 1 saturated carbocycles. The second-order valence-corrected chi connectivity index (χ2v) is 6.87. The summed E-state index contributed by atoms with van der Waals surface area (Å²) in [4.78, 5) is 26.5. The van der Waals surface area contributed by atoms with Crippen molar-refractivity contribution in [1.82, 2.24) is 15.1 Å². The van der Waals surface area contributed by atoms with Crippen LogP contribution in [-0.2, 0) is 9.59 Å². The van der Waals surface area contributed by atoms with E-state index in [-0.39, 0.29) is 23.8 Å². The van der Waals surface area contributed by atoms with E-state index in [0.717, 1.165) is 25.7 Å². The maximum absolute atomic E-state index is 12.5. The molecule has 3 rings (SSSR count). The summed E-state index contributed by atoms with van der Waals surface area (Å²) in [6.45, 7) is 0. The number of nitrogens with one attached hydrogen (secondary N) is 1. The van der Waals surface area contributed by atoms with Gasteiger partial charge in [-0.3, -0.25) is 14.9 Å². The maximum Gasteiger partial charge on any atom is 0.249 e. The van der Waals surface area contributed by atoms with E-state index in [1.165, 1.54) is 11.3 Å². The van der Waals surface area contributed by atoms with Crippen molar-refractivity contribution in [3.05, 3.63) is 5.51 Å². The zero-order valence-corrected chi connectivity index (χ0v) is 12.6. The topological polar surface area (TPSA) is 75.2 Å². The molecule has 2 heterocycles. The van der Waals surface area contributed by atoms with E-state index in [1.807, 2.05) is 0 Å². The summed E-state index contributed by atoms with van der Waals surface area (Å²) in [5, 5.41) is 10.7. The minimum Gasteiger partial charge on any atom is -0.320 e. The molecular weight excluding hydrogens is 296 g/mol. The molecule has 8 heteroatoms. The lowest BCUT2D eigenvalue weighted by Gasteiger charge is -2.25. The number of carbonyl (C=O) groups is 2. The zero-order chi connectivity index (χ0) is 13.9. The van der Waals surface area contributed by atoms with Crippen LogP contribution in [0.15, 0.2) is 5.51 Å². The molecule has 2 fully saturated rings. The van der Waals surface area contributed by atoms with Crippen molar-refractivity contribution < 1.29 is 9.59 Å². The fraction of sp³-hybridized carbons (Fsp3) is 0.667. The number of aromatic nitrogens is 2. The Morgan fingerprint density at radius 3 is 2.85 bits per heavy atom. The van der Waals surface area contributed by atoms with Gasteiger partial charge in [-0.25, -0.2) is 0 Å². The Balaban J connectivity index is 1.65. The van der Waals surface area contributed by atoms with Crippen LogP contribution < -0.4 is 5.32 Å². The van der Waals surface area contributed by atoms with Crippen LogP contribution in [-0.4, -0.2) is 44.6 Å². The van der Waals surface area contributed by atoms with Gasteiger partial charge in [-0.05, 0) is 12.8 Å². The minimum absolute atomic E-state index is 0.116. The summed E-state index contributed by atoms with van der Waals surface area (Å²) in [5.74, 6) is 1.38. The van der Waals surface area contributed by atoms with Gasteiger partial charge in [0.05, 0.1) is 5.88 Å². The molecule has 2 aliphatic rings. The van der Waals surface area contributed by atoms with E-state index in [1.54, 1.807) is 22.2 Å². The molecule has 1 aliphatic carbocycles. The number of hydrogen-bond acceptors (Lipinski definition) is 6. The van der Waals surface area contributed by atoms with Crippen molar-refractivity contribution in [2.24, 2.45) is 5.92 Å². The fourth-order valence-electron chi connectivity index (χ4n) is 2.70. The highest BCUT2D eigenvalue weighted by Crippen LogP contribution is 2.31. The predicted molar refractivity (Wildman–Crippen MR) is 78.5 cm³/mol. The second kappa shape index (κ2) is 6.09. The Bertz CT molecular complexity index is 488. The average Bonchev–Trinajstić information content (AvgIpc) is 3.19. The number of thioether (sulfide) groups is 1. The largest absolute Gasteiger partial charge is 0.320 e. The summed E-state index contributed by atoms with van der Waals surface area (Å²) in [7, 11) is 0. The van der Waals surface area contributed by atoms with Gasteiger partial charge in [0.25, 0.3) is 0 Å². The Morgan fingerprint density at radius 2 is 2.15 bits per heavy atom. The highest BCUT2D eigenvalue weighted by atomic mass is 32.2. The van der Waals surface area contributed by atoms with E-state index in [0.29, 0.717) is 16.8 Å². The molecule has 1 aromatic heterocycles. The van der Waals surface area contributed by atoms with Crippen molar-refractivity contribution in [2.45, 2.75) is 31.7 Å². The predicted octanol–water partition coefficient (Wildman–Crippen LogP) is 1.57. The van der Waals surface area contributed by atoms with Crippen LogP contribution in [0.1, 0.15) is 25.7 Å². The normalized spacial score (nSPS) is 23.2. The molecule has 0 radical (unpaired) electrons. The number of nitrogens with zero attached hydrogens (tertiary/aromatic N) is 3. The van der Waals surface area contributed by atoms with Gasteiger partial charge in [-0.15, -0.1) is 22.0 Å². The lowest BCUT2D eigenvalue weighted by molar-refractivity contribution is -0.139. The van der Waals surface area contributed by atoms with E-state index in [4.69, 9.17) is 0 Å². The van der Waals surface area contributed by atoms with Gasteiger partial charge in [0.1, 0.15) is 11.6 Å². The highest BCUT2D eigenvalue weighted by Gasteiger charge is 2.38. The van der Waals surface area contributed by atoms with Crippen molar-refractivity contribution in [3.8, 4) is 0 Å². The molecule has 0 unspecified atom stereocenters. The molecule has 2 amide bonds. The van der Waals surface area contributed by atoms with Crippen LogP contribution in [0.4, 0.5) is 5.13 Å². The van der Waals surface area contributed by atoms with Crippen LogP contribution in [0.25, 0.3) is 0 Å².